The van der Waals surface area contributed by atoms with E-state index in [1.165, 1.54) is 11.4 Å². The molecule has 1 aromatic carbocycles. The lowest BCUT2D eigenvalue weighted by molar-refractivity contribution is 0.156. The Hall–Kier alpha value is 0.450. The average molecular weight is 414 g/mol. The van der Waals surface area contributed by atoms with E-state index in [0.29, 0.717) is 5.75 Å². The molecule has 3 nitrogen and oxygen atoms in total. The molecule has 0 aliphatic carbocycles. The highest BCUT2D eigenvalue weighted by Crippen LogP contribution is 2.63. The fraction of sp³-hybridized carbons (Fsp3) is 0.538. The minimum atomic E-state index is -3.10. The summed E-state index contributed by atoms with van der Waals surface area (Å²) in [4.78, 5) is 0. The fourth-order valence-electron chi connectivity index (χ4n) is 1.37. The van der Waals surface area contributed by atoms with E-state index in [0.717, 1.165) is 9.13 Å². The van der Waals surface area contributed by atoms with Crippen molar-refractivity contribution in [2.24, 2.45) is 0 Å². The minimum Gasteiger partial charge on any atom is -0.298 e. The molecule has 0 N–H and O–H groups in total. The van der Waals surface area contributed by atoms with Gasteiger partial charge in [0, 0.05) is 9.32 Å². The number of benzene rings is 1. The van der Waals surface area contributed by atoms with Gasteiger partial charge >= 0.3 is 6.80 Å². The Labute approximate surface area is 133 Å². The molecule has 0 fully saturated rings. The zero-order valence-corrected chi connectivity index (χ0v) is 15.5. The molecule has 19 heavy (non-hydrogen) atoms. The Kier molecular flexibility index (Phi) is 7.40. The van der Waals surface area contributed by atoms with Crippen LogP contribution in [0.2, 0.25) is 0 Å². The number of halogens is 1. The van der Waals surface area contributed by atoms with Gasteiger partial charge in [-0.25, -0.2) is 4.57 Å². The maximum Gasteiger partial charge on any atom is 0.389 e. The van der Waals surface area contributed by atoms with Gasteiger partial charge < -0.3 is 0 Å². The lowest BCUT2D eigenvalue weighted by Crippen LogP contribution is -2.06. The van der Waals surface area contributed by atoms with E-state index in [9.17, 15) is 4.57 Å². The van der Waals surface area contributed by atoms with Crippen molar-refractivity contribution < 1.29 is 13.6 Å². The summed E-state index contributed by atoms with van der Waals surface area (Å²) < 4.78 is 24.8. The highest BCUT2D eigenvalue weighted by molar-refractivity contribution is 14.1. The summed E-state index contributed by atoms with van der Waals surface area (Å²) in [6, 6.07) is 8.04. The van der Waals surface area contributed by atoms with Crippen molar-refractivity contribution in [1.82, 2.24) is 0 Å². The molecular weight excluding hydrogens is 394 g/mol. The molecule has 0 amide bonds. The molecule has 0 saturated carbocycles. The molecule has 0 bridgehead atoms. The predicted octanol–water partition coefficient (Wildman–Crippen LogP) is 5.48. The van der Waals surface area contributed by atoms with Crippen LogP contribution in [0.5, 0.6) is 0 Å². The van der Waals surface area contributed by atoms with Crippen LogP contribution in [-0.2, 0) is 19.4 Å². The van der Waals surface area contributed by atoms with E-state index in [1.54, 1.807) is 0 Å². The molecule has 0 aliphatic rings. The van der Waals surface area contributed by atoms with Gasteiger partial charge in [0.1, 0.15) is 0 Å². The standard InChI is InChI=1S/C13H20IO3PS/c1-10(2)16-18(15,17-11(3)4)19-9-12-7-5-6-8-13(12)14/h5-8,10-11H,9H2,1-4H3. The van der Waals surface area contributed by atoms with Crippen LogP contribution in [0.3, 0.4) is 0 Å². The maximum atomic E-state index is 12.6. The third-order valence-corrected chi connectivity index (χ3v) is 7.04. The first-order valence-electron chi connectivity index (χ1n) is 6.17. The summed E-state index contributed by atoms with van der Waals surface area (Å²) in [5, 5.41) is 0. The summed E-state index contributed by atoms with van der Waals surface area (Å²) in [6.07, 6.45) is -0.237. The van der Waals surface area contributed by atoms with Gasteiger partial charge in [0.05, 0.1) is 12.2 Å². The summed E-state index contributed by atoms with van der Waals surface area (Å²) in [5.74, 6) is 0.621. The Bertz CT molecular complexity index is 437. The molecular formula is C13H20IO3PS. The lowest BCUT2D eigenvalue weighted by Gasteiger charge is -2.22. The number of rotatable bonds is 7. The van der Waals surface area contributed by atoms with E-state index in [-0.39, 0.29) is 12.2 Å². The van der Waals surface area contributed by atoms with Crippen molar-refractivity contribution in [2.75, 3.05) is 0 Å². The topological polar surface area (TPSA) is 35.5 Å². The van der Waals surface area contributed by atoms with Crippen LogP contribution < -0.4 is 0 Å². The first-order chi connectivity index (χ1) is 8.82. The first kappa shape index (κ1) is 17.5. The van der Waals surface area contributed by atoms with E-state index < -0.39 is 6.80 Å². The number of hydrogen-bond acceptors (Lipinski definition) is 4. The van der Waals surface area contributed by atoms with Gasteiger partial charge in [-0.2, -0.15) is 0 Å². The largest absolute Gasteiger partial charge is 0.389 e. The first-order valence-corrected chi connectivity index (χ1v) is 10.4. The molecule has 0 radical (unpaired) electrons. The Balaban J connectivity index is 2.73. The fourth-order valence-corrected chi connectivity index (χ4v) is 6.25. The molecule has 0 aromatic heterocycles. The van der Waals surface area contributed by atoms with E-state index in [2.05, 4.69) is 22.6 Å². The second-order valence-corrected chi connectivity index (χ2v) is 9.76. The minimum absolute atomic E-state index is 0.119. The normalized spacial score (nSPS) is 12.4. The van der Waals surface area contributed by atoms with Crippen molar-refractivity contribution in [1.29, 1.82) is 0 Å². The summed E-state index contributed by atoms with van der Waals surface area (Å²) in [5.41, 5.74) is 1.15. The zero-order chi connectivity index (χ0) is 14.5. The van der Waals surface area contributed by atoms with E-state index in [1.807, 2.05) is 52.0 Å². The van der Waals surface area contributed by atoms with Crippen LogP contribution in [0.15, 0.2) is 24.3 Å². The van der Waals surface area contributed by atoms with Gasteiger partial charge in [0.2, 0.25) is 0 Å². The molecule has 0 saturated heterocycles. The molecule has 0 atom stereocenters. The maximum absolute atomic E-state index is 12.6. The Morgan fingerprint density at radius 2 is 1.68 bits per heavy atom. The second-order valence-electron chi connectivity index (χ2n) is 4.62. The summed E-state index contributed by atoms with van der Waals surface area (Å²) in [7, 11) is 0. The monoisotopic (exact) mass is 414 g/mol. The molecule has 108 valence electrons. The van der Waals surface area contributed by atoms with Crippen LogP contribution in [0.4, 0.5) is 0 Å². The number of hydrogen-bond donors (Lipinski definition) is 0. The summed E-state index contributed by atoms with van der Waals surface area (Å²) >= 11 is 3.53. The second kappa shape index (κ2) is 8.03. The van der Waals surface area contributed by atoms with Gasteiger partial charge in [-0.05, 0) is 73.3 Å². The van der Waals surface area contributed by atoms with E-state index in [4.69, 9.17) is 9.05 Å². The quantitative estimate of drug-likeness (QED) is 0.437. The highest BCUT2D eigenvalue weighted by Gasteiger charge is 2.28. The van der Waals surface area contributed by atoms with Crippen LogP contribution in [0.25, 0.3) is 0 Å². The molecule has 0 spiro atoms. The zero-order valence-electron chi connectivity index (χ0n) is 11.6. The van der Waals surface area contributed by atoms with Gasteiger partial charge in [-0.15, -0.1) is 0 Å². The molecule has 0 heterocycles. The third-order valence-electron chi connectivity index (χ3n) is 2.02. The van der Waals surface area contributed by atoms with Gasteiger partial charge in [0.15, 0.2) is 0 Å². The molecule has 1 aromatic rings. The van der Waals surface area contributed by atoms with Crippen LogP contribution in [0, 0.1) is 3.57 Å². The third kappa shape index (κ3) is 6.63. The van der Waals surface area contributed by atoms with Crippen LogP contribution >= 0.6 is 40.8 Å². The van der Waals surface area contributed by atoms with E-state index >= 15 is 0 Å². The summed E-state index contributed by atoms with van der Waals surface area (Å²) in [6.45, 7) is 4.35. The Morgan fingerprint density at radius 1 is 1.16 bits per heavy atom. The molecule has 0 unspecified atom stereocenters. The highest BCUT2D eigenvalue weighted by atomic mass is 127. The van der Waals surface area contributed by atoms with Crippen molar-refractivity contribution in [3.05, 3.63) is 33.4 Å². The Morgan fingerprint density at radius 3 is 2.16 bits per heavy atom. The molecule has 0 aliphatic heterocycles. The van der Waals surface area contributed by atoms with Crippen molar-refractivity contribution in [3.63, 3.8) is 0 Å². The van der Waals surface area contributed by atoms with Crippen molar-refractivity contribution >= 4 is 40.8 Å². The van der Waals surface area contributed by atoms with Crippen LogP contribution in [0.1, 0.15) is 33.3 Å². The molecule has 1 rings (SSSR count). The SMILES string of the molecule is CC(C)OP(=O)(OC(C)C)SCc1ccccc1I. The van der Waals surface area contributed by atoms with Gasteiger partial charge in [0.25, 0.3) is 0 Å². The predicted molar refractivity (Wildman–Crippen MR) is 90.5 cm³/mol. The van der Waals surface area contributed by atoms with Crippen LogP contribution in [-0.4, -0.2) is 12.2 Å². The van der Waals surface area contributed by atoms with Gasteiger partial charge in [-0.3, -0.25) is 9.05 Å². The smallest absolute Gasteiger partial charge is 0.298 e. The van der Waals surface area contributed by atoms with Gasteiger partial charge in [-0.1, -0.05) is 18.2 Å². The van der Waals surface area contributed by atoms with Crippen molar-refractivity contribution in [3.8, 4) is 0 Å². The lowest BCUT2D eigenvalue weighted by atomic mass is 10.2. The van der Waals surface area contributed by atoms with Crippen molar-refractivity contribution in [2.45, 2.75) is 45.7 Å². The molecule has 6 heteroatoms. The average Bonchev–Trinajstić information content (AvgIpc) is 2.25.